The van der Waals surface area contributed by atoms with Gasteiger partial charge in [-0.05, 0) is 100.0 Å². The van der Waals surface area contributed by atoms with Crippen molar-refractivity contribution in [2.45, 2.75) is 45.4 Å². The molecule has 0 bridgehead atoms. The van der Waals surface area contributed by atoms with Crippen LogP contribution in [-0.2, 0) is 16.0 Å². The number of nitriles is 1. The van der Waals surface area contributed by atoms with Crippen LogP contribution in [0.1, 0.15) is 50.2 Å². The summed E-state index contributed by atoms with van der Waals surface area (Å²) in [5.41, 5.74) is 2.78. The van der Waals surface area contributed by atoms with Gasteiger partial charge in [0.25, 0.3) is 0 Å². The molecule has 0 spiro atoms. The molecule has 202 valence electrons. The quantitative estimate of drug-likeness (QED) is 0.413. The molecule has 2 heterocycles. The molecule has 0 aliphatic carbocycles. The van der Waals surface area contributed by atoms with Crippen molar-refractivity contribution in [1.29, 1.82) is 5.26 Å². The lowest BCUT2D eigenvalue weighted by Crippen LogP contribution is -2.45. The number of carbonyl (C=O) groups excluding carboxylic acids is 2. The molecule has 2 aliphatic heterocycles. The Labute approximate surface area is 236 Å². The van der Waals surface area contributed by atoms with Crippen LogP contribution in [0.15, 0.2) is 42.5 Å². The van der Waals surface area contributed by atoms with Gasteiger partial charge in [0.2, 0.25) is 11.8 Å². The Hall–Kier alpha value is -2.59. The lowest BCUT2D eigenvalue weighted by Gasteiger charge is -2.35. The molecule has 6 nitrogen and oxygen atoms in total. The summed E-state index contributed by atoms with van der Waals surface area (Å²) in [6.45, 7) is 6.51. The van der Waals surface area contributed by atoms with Crippen LogP contribution in [0.3, 0.4) is 0 Å². The average Bonchev–Trinajstić information content (AvgIpc) is 2.94. The van der Waals surface area contributed by atoms with Gasteiger partial charge in [0.1, 0.15) is 0 Å². The Bertz CT molecular complexity index is 1150. The molecule has 2 amide bonds. The zero-order valence-corrected chi connectivity index (χ0v) is 23.6. The number of hydrogen-bond donors (Lipinski definition) is 0. The Morgan fingerprint density at radius 1 is 0.974 bits per heavy atom. The third-order valence-corrected chi connectivity index (χ3v) is 8.68. The largest absolute Gasteiger partial charge is 0.343 e. The highest BCUT2D eigenvalue weighted by Crippen LogP contribution is 2.30. The Morgan fingerprint density at radius 3 is 2.26 bits per heavy atom. The molecule has 2 saturated heterocycles. The number of hydrogen-bond acceptors (Lipinski definition) is 4. The second kappa shape index (κ2) is 13.5. The van der Waals surface area contributed by atoms with E-state index in [-0.39, 0.29) is 17.7 Å². The minimum absolute atomic E-state index is 0.0675. The fourth-order valence-corrected chi connectivity index (χ4v) is 5.89. The Kier molecular flexibility index (Phi) is 10.1. The maximum atomic E-state index is 13.6. The molecule has 0 aromatic heterocycles. The standard InChI is InChI=1S/C30H36Cl2N4O2/c1-22(37)35-17-11-26(12-18-35)30(38)36(27-7-8-28(31)29(32)20-27)14-2-13-34-15-9-24(10-16-34)19-23-3-5-25(21-33)6-4-23/h3-8,20,24,26H,2,9-19H2,1H3. The van der Waals surface area contributed by atoms with Crippen molar-refractivity contribution in [3.05, 3.63) is 63.6 Å². The first-order valence-electron chi connectivity index (χ1n) is 13.6. The average molecular weight is 556 g/mol. The molecule has 2 aromatic rings. The summed E-state index contributed by atoms with van der Waals surface area (Å²) >= 11 is 12.5. The molecular formula is C30H36Cl2N4O2. The number of nitrogens with zero attached hydrogens (tertiary/aromatic N) is 4. The third-order valence-electron chi connectivity index (χ3n) is 7.94. The first kappa shape index (κ1) is 28.4. The Morgan fingerprint density at radius 2 is 1.66 bits per heavy atom. The second-order valence-electron chi connectivity index (χ2n) is 10.5. The Balaban J connectivity index is 1.30. The molecule has 2 aromatic carbocycles. The van der Waals surface area contributed by atoms with E-state index in [0.29, 0.717) is 54.0 Å². The summed E-state index contributed by atoms with van der Waals surface area (Å²) in [5.74, 6) is 0.734. The second-order valence-corrected chi connectivity index (χ2v) is 11.3. The molecule has 0 radical (unpaired) electrons. The predicted molar refractivity (Wildman–Crippen MR) is 152 cm³/mol. The van der Waals surface area contributed by atoms with Crippen LogP contribution in [0.5, 0.6) is 0 Å². The van der Waals surface area contributed by atoms with Gasteiger partial charge in [-0.15, -0.1) is 0 Å². The van der Waals surface area contributed by atoms with Crippen molar-refractivity contribution in [3.63, 3.8) is 0 Å². The van der Waals surface area contributed by atoms with Crippen LogP contribution in [0, 0.1) is 23.2 Å². The number of amides is 2. The van der Waals surface area contributed by atoms with Crippen LogP contribution in [0.2, 0.25) is 10.0 Å². The van der Waals surface area contributed by atoms with Gasteiger partial charge in [-0.3, -0.25) is 9.59 Å². The normalized spacial score (nSPS) is 17.3. The number of benzene rings is 2. The number of rotatable bonds is 8. The van der Waals surface area contributed by atoms with Crippen molar-refractivity contribution < 1.29 is 9.59 Å². The van der Waals surface area contributed by atoms with Crippen LogP contribution < -0.4 is 4.90 Å². The monoisotopic (exact) mass is 554 g/mol. The van der Waals surface area contributed by atoms with E-state index in [4.69, 9.17) is 28.5 Å². The van der Waals surface area contributed by atoms with E-state index in [1.165, 1.54) is 5.56 Å². The molecule has 0 saturated carbocycles. The van der Waals surface area contributed by atoms with Gasteiger partial charge in [0.05, 0.1) is 21.7 Å². The number of anilines is 1. The molecule has 0 atom stereocenters. The van der Waals surface area contributed by atoms with Gasteiger partial charge in [0.15, 0.2) is 0 Å². The van der Waals surface area contributed by atoms with Gasteiger partial charge in [0, 0.05) is 38.2 Å². The van der Waals surface area contributed by atoms with Crippen molar-refractivity contribution in [3.8, 4) is 6.07 Å². The fraction of sp³-hybridized carbons (Fsp3) is 0.500. The SMILES string of the molecule is CC(=O)N1CCC(C(=O)N(CCCN2CCC(Cc3ccc(C#N)cc3)CC2)c2ccc(Cl)c(Cl)c2)CC1. The van der Waals surface area contributed by atoms with Gasteiger partial charge < -0.3 is 14.7 Å². The highest BCUT2D eigenvalue weighted by molar-refractivity contribution is 6.42. The summed E-state index contributed by atoms with van der Waals surface area (Å²) in [5, 5.41) is 9.91. The molecule has 38 heavy (non-hydrogen) atoms. The maximum Gasteiger partial charge on any atom is 0.230 e. The van der Waals surface area contributed by atoms with Crippen LogP contribution in [0.25, 0.3) is 0 Å². The molecule has 0 N–H and O–H groups in total. The van der Waals surface area contributed by atoms with Crippen LogP contribution in [-0.4, -0.2) is 60.9 Å². The third kappa shape index (κ3) is 7.50. The minimum Gasteiger partial charge on any atom is -0.343 e. The van der Waals surface area contributed by atoms with E-state index in [0.717, 1.165) is 51.0 Å². The predicted octanol–water partition coefficient (Wildman–Crippen LogP) is 5.80. The molecule has 2 fully saturated rings. The highest BCUT2D eigenvalue weighted by Gasteiger charge is 2.30. The van der Waals surface area contributed by atoms with Crippen molar-refractivity contribution in [2.75, 3.05) is 44.2 Å². The summed E-state index contributed by atoms with van der Waals surface area (Å²) in [6.07, 6.45) is 5.61. The number of halogens is 2. The molecule has 8 heteroatoms. The molecule has 2 aliphatic rings. The van der Waals surface area contributed by atoms with E-state index >= 15 is 0 Å². The zero-order chi connectivity index (χ0) is 27.1. The summed E-state index contributed by atoms with van der Waals surface area (Å²) in [6, 6.07) is 15.5. The zero-order valence-electron chi connectivity index (χ0n) is 22.0. The van der Waals surface area contributed by atoms with E-state index in [9.17, 15) is 9.59 Å². The van der Waals surface area contributed by atoms with E-state index in [1.54, 1.807) is 19.1 Å². The number of carbonyl (C=O) groups is 2. The van der Waals surface area contributed by atoms with Crippen molar-refractivity contribution >= 4 is 40.7 Å². The summed E-state index contributed by atoms with van der Waals surface area (Å²) in [4.78, 5) is 31.5. The van der Waals surface area contributed by atoms with Gasteiger partial charge in [-0.25, -0.2) is 0 Å². The molecule has 0 unspecified atom stereocenters. The van der Waals surface area contributed by atoms with Crippen LogP contribution >= 0.6 is 23.2 Å². The van der Waals surface area contributed by atoms with E-state index < -0.39 is 0 Å². The van der Waals surface area contributed by atoms with E-state index in [2.05, 4.69) is 23.1 Å². The van der Waals surface area contributed by atoms with E-state index in [1.807, 2.05) is 28.0 Å². The van der Waals surface area contributed by atoms with Gasteiger partial charge >= 0.3 is 0 Å². The summed E-state index contributed by atoms with van der Waals surface area (Å²) in [7, 11) is 0. The lowest BCUT2D eigenvalue weighted by atomic mass is 9.90. The molecule has 4 rings (SSSR count). The summed E-state index contributed by atoms with van der Waals surface area (Å²) < 4.78 is 0. The molecular weight excluding hydrogens is 519 g/mol. The number of likely N-dealkylation sites (tertiary alicyclic amines) is 2. The van der Waals surface area contributed by atoms with Crippen molar-refractivity contribution in [1.82, 2.24) is 9.80 Å². The highest BCUT2D eigenvalue weighted by atomic mass is 35.5. The van der Waals surface area contributed by atoms with Crippen molar-refractivity contribution in [2.24, 2.45) is 11.8 Å². The van der Waals surface area contributed by atoms with Gasteiger partial charge in [-0.1, -0.05) is 35.3 Å². The van der Waals surface area contributed by atoms with Crippen LogP contribution in [0.4, 0.5) is 5.69 Å². The maximum absolute atomic E-state index is 13.6. The fourth-order valence-electron chi connectivity index (χ4n) is 5.60. The lowest BCUT2D eigenvalue weighted by molar-refractivity contribution is -0.133. The first-order chi connectivity index (χ1) is 18.3. The minimum atomic E-state index is -0.0991. The first-order valence-corrected chi connectivity index (χ1v) is 14.3. The number of piperidine rings is 2. The topological polar surface area (TPSA) is 67.7 Å². The van der Waals surface area contributed by atoms with Gasteiger partial charge in [-0.2, -0.15) is 5.26 Å². The smallest absolute Gasteiger partial charge is 0.230 e.